The number of halogens is 3. The van der Waals surface area contributed by atoms with Crippen LogP contribution in [0.1, 0.15) is 18.5 Å². The first-order chi connectivity index (χ1) is 13.0. The van der Waals surface area contributed by atoms with E-state index >= 15 is 0 Å². The molecule has 9 heteroatoms. The van der Waals surface area contributed by atoms with Crippen molar-refractivity contribution >= 4 is 16.9 Å². The van der Waals surface area contributed by atoms with Crippen LogP contribution in [-0.4, -0.2) is 45.1 Å². The number of pyridine rings is 1. The van der Waals surface area contributed by atoms with Gasteiger partial charge >= 0.3 is 6.18 Å². The van der Waals surface area contributed by atoms with Crippen LogP contribution in [0.3, 0.4) is 0 Å². The normalized spacial score (nSPS) is 22.6. The first-order valence-electron chi connectivity index (χ1n) is 8.86. The quantitative estimate of drug-likeness (QED) is 0.722. The van der Waals surface area contributed by atoms with Gasteiger partial charge < -0.3 is 15.2 Å². The molecule has 0 saturated carbocycles. The number of nitrogens with zero attached hydrogens (tertiary/aromatic N) is 4. The minimum atomic E-state index is -4.45. The van der Waals surface area contributed by atoms with Crippen molar-refractivity contribution in [3.63, 3.8) is 0 Å². The lowest BCUT2D eigenvalue weighted by Crippen LogP contribution is -2.51. The molecule has 2 unspecified atom stereocenters. The molecular formula is C18H17F3N6. The van der Waals surface area contributed by atoms with Crippen molar-refractivity contribution in [1.82, 2.24) is 25.3 Å². The van der Waals surface area contributed by atoms with Gasteiger partial charge in [0.05, 0.1) is 5.39 Å². The summed E-state index contributed by atoms with van der Waals surface area (Å²) in [6, 6.07) is 5.25. The molecule has 3 aromatic rings. The Bertz CT molecular complexity index is 969. The van der Waals surface area contributed by atoms with Gasteiger partial charge in [-0.05, 0) is 31.0 Å². The summed E-state index contributed by atoms with van der Waals surface area (Å²) < 4.78 is 38.2. The van der Waals surface area contributed by atoms with E-state index in [1.165, 1.54) is 31.4 Å². The highest BCUT2D eigenvalue weighted by atomic mass is 19.4. The third-order valence-corrected chi connectivity index (χ3v) is 5.29. The van der Waals surface area contributed by atoms with E-state index in [2.05, 4.69) is 30.2 Å². The summed E-state index contributed by atoms with van der Waals surface area (Å²) in [5.41, 5.74) is 1.01. The summed E-state index contributed by atoms with van der Waals surface area (Å²) in [4.78, 5) is 17.7. The Morgan fingerprint density at radius 3 is 2.48 bits per heavy atom. The molecule has 0 radical (unpaired) electrons. The number of nitrogens with one attached hydrogen (secondary N) is 2. The topological polar surface area (TPSA) is 69.7 Å². The lowest BCUT2D eigenvalue weighted by Gasteiger charge is -2.33. The Hall–Kier alpha value is -2.68. The molecule has 3 aromatic heterocycles. The van der Waals surface area contributed by atoms with E-state index in [0.29, 0.717) is 29.0 Å². The van der Waals surface area contributed by atoms with Gasteiger partial charge in [-0.25, -0.2) is 9.97 Å². The molecule has 5 heterocycles. The van der Waals surface area contributed by atoms with Gasteiger partial charge in [0.25, 0.3) is 0 Å². The molecule has 0 aliphatic carbocycles. The molecule has 0 amide bonds. The molecule has 0 spiro atoms. The van der Waals surface area contributed by atoms with Crippen LogP contribution in [0.25, 0.3) is 22.3 Å². The van der Waals surface area contributed by atoms with Crippen LogP contribution in [0.2, 0.25) is 0 Å². The molecule has 2 aliphatic heterocycles. The number of aromatic nitrogens is 4. The minimum absolute atomic E-state index is 0.478. The fraction of sp³-hybridized carbons (Fsp3) is 0.389. The molecule has 2 bridgehead atoms. The summed E-state index contributed by atoms with van der Waals surface area (Å²) in [5.74, 6) is 0.862. The van der Waals surface area contributed by atoms with Crippen LogP contribution in [0, 0.1) is 0 Å². The van der Waals surface area contributed by atoms with Gasteiger partial charge in [-0.3, -0.25) is 4.98 Å². The fourth-order valence-corrected chi connectivity index (χ4v) is 4.03. The van der Waals surface area contributed by atoms with Gasteiger partial charge in [0, 0.05) is 42.6 Å². The SMILES string of the molecule is FC(F)(F)c1ccc(-c2cc3c(N4CC5CCC(C4)N5)ncnc3[nH]2)cn1. The number of hydrogen-bond acceptors (Lipinski definition) is 5. The Morgan fingerprint density at radius 2 is 1.81 bits per heavy atom. The smallest absolute Gasteiger partial charge is 0.353 e. The van der Waals surface area contributed by atoms with Crippen LogP contribution in [-0.2, 0) is 6.18 Å². The largest absolute Gasteiger partial charge is 0.433 e. The third kappa shape index (κ3) is 2.91. The molecule has 2 atom stereocenters. The van der Waals surface area contributed by atoms with Crippen LogP contribution >= 0.6 is 0 Å². The molecule has 2 saturated heterocycles. The molecule has 5 rings (SSSR count). The minimum Gasteiger partial charge on any atom is -0.353 e. The molecule has 6 nitrogen and oxygen atoms in total. The van der Waals surface area contributed by atoms with Crippen LogP contribution in [0.5, 0.6) is 0 Å². The van der Waals surface area contributed by atoms with E-state index in [1.807, 2.05) is 6.07 Å². The maximum absolute atomic E-state index is 12.7. The average Bonchev–Trinajstić information content (AvgIpc) is 3.23. The van der Waals surface area contributed by atoms with Crippen molar-refractivity contribution in [1.29, 1.82) is 0 Å². The number of aromatic amines is 1. The van der Waals surface area contributed by atoms with Gasteiger partial charge in [-0.1, -0.05) is 0 Å². The second kappa shape index (κ2) is 5.91. The van der Waals surface area contributed by atoms with Crippen molar-refractivity contribution in [2.75, 3.05) is 18.0 Å². The number of alkyl halides is 3. The summed E-state index contributed by atoms with van der Waals surface area (Å²) in [6.07, 6.45) is 0.647. The van der Waals surface area contributed by atoms with Gasteiger partial charge in [-0.2, -0.15) is 13.2 Å². The van der Waals surface area contributed by atoms with E-state index in [9.17, 15) is 13.2 Å². The highest BCUT2D eigenvalue weighted by molar-refractivity contribution is 5.91. The maximum atomic E-state index is 12.7. The zero-order valence-corrected chi connectivity index (χ0v) is 14.3. The predicted molar refractivity (Wildman–Crippen MR) is 94.3 cm³/mol. The second-order valence-electron chi connectivity index (χ2n) is 7.12. The lowest BCUT2D eigenvalue weighted by molar-refractivity contribution is -0.141. The number of hydrogen-bond donors (Lipinski definition) is 2. The average molecular weight is 374 g/mol. The first kappa shape index (κ1) is 16.5. The van der Waals surface area contributed by atoms with E-state index in [0.717, 1.165) is 30.4 Å². The van der Waals surface area contributed by atoms with Crippen LogP contribution < -0.4 is 10.2 Å². The molecule has 0 aromatic carbocycles. The highest BCUT2D eigenvalue weighted by Gasteiger charge is 2.34. The number of anilines is 1. The molecule has 140 valence electrons. The second-order valence-corrected chi connectivity index (χ2v) is 7.12. The Kier molecular flexibility index (Phi) is 3.61. The van der Waals surface area contributed by atoms with Gasteiger partial charge in [0.1, 0.15) is 23.5 Å². The highest BCUT2D eigenvalue weighted by Crippen LogP contribution is 2.33. The predicted octanol–water partition coefficient (Wildman–Crippen LogP) is 2.98. The Morgan fingerprint density at radius 1 is 1.04 bits per heavy atom. The first-order valence-corrected chi connectivity index (χ1v) is 8.86. The Balaban J connectivity index is 1.51. The van der Waals surface area contributed by atoms with Gasteiger partial charge in [0.15, 0.2) is 0 Å². The van der Waals surface area contributed by atoms with Gasteiger partial charge in [-0.15, -0.1) is 0 Å². The van der Waals surface area contributed by atoms with Crippen molar-refractivity contribution in [2.45, 2.75) is 31.1 Å². The lowest BCUT2D eigenvalue weighted by atomic mass is 10.2. The van der Waals surface area contributed by atoms with Gasteiger partial charge in [0.2, 0.25) is 0 Å². The van der Waals surface area contributed by atoms with Crippen molar-refractivity contribution in [2.24, 2.45) is 0 Å². The van der Waals surface area contributed by atoms with Crippen molar-refractivity contribution in [3.8, 4) is 11.3 Å². The van der Waals surface area contributed by atoms with Crippen molar-refractivity contribution in [3.05, 3.63) is 36.4 Å². The Labute approximate surface area is 152 Å². The number of piperazine rings is 1. The molecule has 27 heavy (non-hydrogen) atoms. The summed E-state index contributed by atoms with van der Waals surface area (Å²) in [7, 11) is 0. The number of rotatable bonds is 2. The van der Waals surface area contributed by atoms with E-state index < -0.39 is 11.9 Å². The third-order valence-electron chi connectivity index (χ3n) is 5.29. The van der Waals surface area contributed by atoms with E-state index in [1.54, 1.807) is 0 Å². The zero-order valence-electron chi connectivity index (χ0n) is 14.3. The number of H-pyrrole nitrogens is 1. The monoisotopic (exact) mass is 374 g/mol. The molecular weight excluding hydrogens is 357 g/mol. The van der Waals surface area contributed by atoms with Crippen LogP contribution in [0.4, 0.5) is 19.0 Å². The summed E-state index contributed by atoms with van der Waals surface area (Å²) in [6.45, 7) is 1.79. The fourth-order valence-electron chi connectivity index (χ4n) is 4.03. The molecule has 2 fully saturated rings. The van der Waals surface area contributed by atoms with Crippen LogP contribution in [0.15, 0.2) is 30.7 Å². The standard InChI is InChI=1S/C18H17F3N6/c19-18(20,21)15-4-1-10(6-22-15)14-5-13-16(26-14)23-9-24-17(13)27-7-11-2-3-12(8-27)25-11/h1,4-6,9,11-12,25H,2-3,7-8H2,(H,23,24,26). The van der Waals surface area contributed by atoms with Crippen molar-refractivity contribution < 1.29 is 13.2 Å². The number of fused-ring (bicyclic) bond motifs is 3. The maximum Gasteiger partial charge on any atom is 0.433 e. The summed E-state index contributed by atoms with van der Waals surface area (Å²) in [5, 5.41) is 4.46. The van der Waals surface area contributed by atoms with E-state index in [4.69, 9.17) is 0 Å². The summed E-state index contributed by atoms with van der Waals surface area (Å²) >= 11 is 0. The zero-order chi connectivity index (χ0) is 18.6. The molecule has 2 aliphatic rings. The molecule has 2 N–H and O–H groups in total. The van der Waals surface area contributed by atoms with E-state index in [-0.39, 0.29) is 0 Å².